The summed E-state index contributed by atoms with van der Waals surface area (Å²) in [7, 11) is 0. The van der Waals surface area contributed by atoms with E-state index < -0.39 is 12.3 Å². The second-order valence-electron chi connectivity index (χ2n) is 2.61. The van der Waals surface area contributed by atoms with Gasteiger partial charge in [-0.05, 0) is 6.42 Å². The number of piperidine rings is 1. The molecule has 1 rings (SSSR count). The largest absolute Gasteiger partial charge is 0.395 e. The van der Waals surface area contributed by atoms with Crippen LogP contribution in [-0.4, -0.2) is 41.7 Å². The molecule has 0 unspecified atom stereocenters. The van der Waals surface area contributed by atoms with Gasteiger partial charge in [-0.25, -0.2) is 4.39 Å². The Morgan fingerprint density at radius 2 is 2.30 bits per heavy atom. The highest BCUT2D eigenvalue weighted by atomic mass is 19.1. The van der Waals surface area contributed by atoms with Gasteiger partial charge in [0.05, 0.1) is 12.7 Å². The van der Waals surface area contributed by atoms with Gasteiger partial charge in [0, 0.05) is 12.6 Å². The molecule has 0 radical (unpaired) electrons. The third kappa shape index (κ3) is 1.65. The number of aliphatic hydroxyl groups is 2. The molecule has 1 heterocycles. The van der Waals surface area contributed by atoms with Gasteiger partial charge in [-0.2, -0.15) is 0 Å². The first-order chi connectivity index (χ1) is 4.74. The molecule has 1 aliphatic rings. The van der Waals surface area contributed by atoms with Crippen LogP contribution in [0.1, 0.15) is 6.42 Å². The topological polar surface area (TPSA) is 52.5 Å². The van der Waals surface area contributed by atoms with E-state index in [4.69, 9.17) is 10.2 Å². The molecule has 0 aromatic rings. The third-order valence-corrected chi connectivity index (χ3v) is 1.76. The van der Waals surface area contributed by atoms with E-state index in [0.29, 0.717) is 0 Å². The van der Waals surface area contributed by atoms with Crippen LogP contribution in [-0.2, 0) is 0 Å². The van der Waals surface area contributed by atoms with E-state index in [1.807, 2.05) is 0 Å². The monoisotopic (exact) mass is 149 g/mol. The Hall–Kier alpha value is -0.190. The molecule has 3 N–H and O–H groups in total. The van der Waals surface area contributed by atoms with Crippen molar-refractivity contribution in [3.05, 3.63) is 0 Å². The molecular formula is C6H12FNO2. The maximum Gasteiger partial charge on any atom is 0.129 e. The predicted octanol–water partition coefficient (Wildman–Crippen LogP) is -0.960. The SMILES string of the molecule is OC[C@H]1C[C@H](F)[C@@H](O)CN1. The fraction of sp³-hybridized carbons (Fsp3) is 1.00. The first-order valence-corrected chi connectivity index (χ1v) is 3.40. The molecule has 4 heteroatoms. The molecule has 1 aliphatic heterocycles. The molecule has 3 atom stereocenters. The molecule has 0 amide bonds. The molecule has 1 fully saturated rings. The van der Waals surface area contributed by atoms with Gasteiger partial charge < -0.3 is 15.5 Å². The van der Waals surface area contributed by atoms with E-state index in [0.717, 1.165) is 0 Å². The molecule has 0 saturated carbocycles. The van der Waals surface area contributed by atoms with Crippen LogP contribution >= 0.6 is 0 Å². The van der Waals surface area contributed by atoms with Crippen molar-refractivity contribution in [2.75, 3.05) is 13.2 Å². The number of alkyl halides is 1. The smallest absolute Gasteiger partial charge is 0.129 e. The summed E-state index contributed by atoms with van der Waals surface area (Å²) < 4.78 is 12.6. The van der Waals surface area contributed by atoms with Crippen LogP contribution in [0.2, 0.25) is 0 Å². The zero-order valence-electron chi connectivity index (χ0n) is 5.63. The minimum absolute atomic E-state index is 0.0624. The Bertz CT molecular complexity index is 112. The Morgan fingerprint density at radius 3 is 2.80 bits per heavy atom. The average Bonchev–Trinajstić information content (AvgIpc) is 1.95. The lowest BCUT2D eigenvalue weighted by molar-refractivity contribution is 0.0303. The maximum atomic E-state index is 12.6. The number of hydrogen-bond acceptors (Lipinski definition) is 3. The van der Waals surface area contributed by atoms with Gasteiger partial charge in [0.2, 0.25) is 0 Å². The summed E-state index contributed by atoms with van der Waals surface area (Å²) in [4.78, 5) is 0. The first kappa shape index (κ1) is 7.91. The summed E-state index contributed by atoms with van der Waals surface area (Å²) in [6, 6.07) is -0.182. The fourth-order valence-corrected chi connectivity index (χ4v) is 1.07. The predicted molar refractivity (Wildman–Crippen MR) is 34.4 cm³/mol. The highest BCUT2D eigenvalue weighted by Gasteiger charge is 2.27. The average molecular weight is 149 g/mol. The molecule has 10 heavy (non-hydrogen) atoms. The highest BCUT2D eigenvalue weighted by Crippen LogP contribution is 2.11. The van der Waals surface area contributed by atoms with Crippen molar-refractivity contribution in [1.29, 1.82) is 0 Å². The maximum absolute atomic E-state index is 12.6. The lowest BCUT2D eigenvalue weighted by atomic mass is 10.0. The van der Waals surface area contributed by atoms with E-state index in [9.17, 15) is 4.39 Å². The lowest BCUT2D eigenvalue weighted by Crippen LogP contribution is -2.49. The highest BCUT2D eigenvalue weighted by molar-refractivity contribution is 4.83. The van der Waals surface area contributed by atoms with Crippen LogP contribution in [0.4, 0.5) is 4.39 Å². The van der Waals surface area contributed by atoms with Gasteiger partial charge in [0.15, 0.2) is 0 Å². The first-order valence-electron chi connectivity index (χ1n) is 3.40. The molecule has 0 aliphatic carbocycles. The van der Waals surface area contributed by atoms with Crippen LogP contribution in [0.3, 0.4) is 0 Å². The summed E-state index contributed by atoms with van der Waals surface area (Å²) in [5, 5.41) is 20.3. The Balaban J connectivity index is 2.33. The standard InChI is InChI=1S/C6H12FNO2/c7-5-1-4(3-9)8-2-6(5)10/h4-6,8-10H,1-3H2/t4-,5+,6+/m1/s1. The van der Waals surface area contributed by atoms with Crippen LogP contribution in [0.15, 0.2) is 0 Å². The number of nitrogens with one attached hydrogen (secondary N) is 1. The second kappa shape index (κ2) is 3.27. The zero-order valence-corrected chi connectivity index (χ0v) is 5.63. The lowest BCUT2D eigenvalue weighted by Gasteiger charge is -2.28. The van der Waals surface area contributed by atoms with Gasteiger partial charge in [-0.15, -0.1) is 0 Å². The number of halogens is 1. The summed E-state index contributed by atoms with van der Waals surface area (Å²) >= 11 is 0. The number of β-amino-alcohol motifs (C(OH)–C–C–N with tert-alkyl or cyclic N) is 1. The van der Waals surface area contributed by atoms with Gasteiger partial charge in [-0.3, -0.25) is 0 Å². The molecule has 60 valence electrons. The van der Waals surface area contributed by atoms with Crippen LogP contribution in [0.25, 0.3) is 0 Å². The van der Waals surface area contributed by atoms with E-state index in [-0.39, 0.29) is 25.6 Å². The number of aliphatic hydroxyl groups excluding tert-OH is 2. The van der Waals surface area contributed by atoms with Crippen LogP contribution < -0.4 is 5.32 Å². The molecule has 0 aromatic heterocycles. The van der Waals surface area contributed by atoms with Gasteiger partial charge in [-0.1, -0.05) is 0 Å². The van der Waals surface area contributed by atoms with Crippen LogP contribution in [0.5, 0.6) is 0 Å². The molecule has 0 bridgehead atoms. The van der Waals surface area contributed by atoms with Gasteiger partial charge in [0.25, 0.3) is 0 Å². The normalized spacial score (nSPS) is 41.7. The number of rotatable bonds is 1. The van der Waals surface area contributed by atoms with E-state index in [2.05, 4.69) is 5.32 Å². The molecule has 1 saturated heterocycles. The van der Waals surface area contributed by atoms with Crippen molar-refractivity contribution in [1.82, 2.24) is 5.32 Å². The quantitative estimate of drug-likeness (QED) is 0.450. The van der Waals surface area contributed by atoms with E-state index in [1.54, 1.807) is 0 Å². The van der Waals surface area contributed by atoms with E-state index in [1.165, 1.54) is 0 Å². The Morgan fingerprint density at radius 1 is 1.60 bits per heavy atom. The van der Waals surface area contributed by atoms with Crippen molar-refractivity contribution < 1.29 is 14.6 Å². The van der Waals surface area contributed by atoms with E-state index >= 15 is 0 Å². The van der Waals surface area contributed by atoms with Crippen molar-refractivity contribution >= 4 is 0 Å². The summed E-state index contributed by atoms with van der Waals surface area (Å²) in [6.07, 6.45) is -1.88. The van der Waals surface area contributed by atoms with Crippen molar-refractivity contribution in [2.24, 2.45) is 0 Å². The van der Waals surface area contributed by atoms with Gasteiger partial charge >= 0.3 is 0 Å². The third-order valence-electron chi connectivity index (χ3n) is 1.76. The second-order valence-corrected chi connectivity index (χ2v) is 2.61. The molecule has 3 nitrogen and oxygen atoms in total. The van der Waals surface area contributed by atoms with Crippen molar-refractivity contribution in [3.8, 4) is 0 Å². The Labute approximate surface area is 58.9 Å². The molecule has 0 aromatic carbocycles. The van der Waals surface area contributed by atoms with Crippen molar-refractivity contribution in [3.63, 3.8) is 0 Å². The fourth-order valence-electron chi connectivity index (χ4n) is 1.07. The minimum atomic E-state index is -1.18. The molecular weight excluding hydrogens is 137 g/mol. The zero-order chi connectivity index (χ0) is 7.56. The summed E-state index contributed by atoms with van der Waals surface area (Å²) in [6.45, 7) is 0.180. The van der Waals surface area contributed by atoms with Crippen molar-refractivity contribution in [2.45, 2.75) is 24.7 Å². The molecule has 0 spiro atoms. The summed E-state index contributed by atoms with van der Waals surface area (Å²) in [5.74, 6) is 0. The Kier molecular flexibility index (Phi) is 2.59. The minimum Gasteiger partial charge on any atom is -0.395 e. The summed E-state index contributed by atoms with van der Waals surface area (Å²) in [5.41, 5.74) is 0. The van der Waals surface area contributed by atoms with Crippen LogP contribution in [0, 0.1) is 0 Å². The van der Waals surface area contributed by atoms with Gasteiger partial charge in [0.1, 0.15) is 6.17 Å². The number of hydrogen-bond donors (Lipinski definition) is 3.